The summed E-state index contributed by atoms with van der Waals surface area (Å²) in [7, 11) is 0. The van der Waals surface area contributed by atoms with E-state index >= 15 is 0 Å². The van der Waals surface area contributed by atoms with Gasteiger partial charge in [0.1, 0.15) is 0 Å². The summed E-state index contributed by atoms with van der Waals surface area (Å²) in [5.41, 5.74) is 3.37. The molecule has 0 amide bonds. The van der Waals surface area contributed by atoms with Crippen LogP contribution in [-0.4, -0.2) is 10.9 Å². The van der Waals surface area contributed by atoms with E-state index in [1.807, 2.05) is 0 Å². The summed E-state index contributed by atoms with van der Waals surface area (Å²) in [5.74, 6) is 5.00. The SMILES string of the molecule is CC(C)C/C=C/[C@@H](C)[C@H]1CC[C@H]2[C@@H]3CCC4=C/C(=N\O)CC[C@]4(C)[C@H]3CC[C@]12C. The molecule has 3 fully saturated rings. The second kappa shape index (κ2) is 7.89. The van der Waals surface area contributed by atoms with Crippen LogP contribution in [0.15, 0.2) is 29.0 Å². The molecule has 4 aliphatic rings. The van der Waals surface area contributed by atoms with Gasteiger partial charge in [-0.05, 0) is 110 Å². The minimum absolute atomic E-state index is 0.347. The van der Waals surface area contributed by atoms with Crippen molar-refractivity contribution in [1.29, 1.82) is 0 Å². The average molecular weight is 398 g/mol. The molecular weight excluding hydrogens is 354 g/mol. The zero-order valence-electron chi connectivity index (χ0n) is 19.5. The molecule has 29 heavy (non-hydrogen) atoms. The molecule has 4 aliphatic carbocycles. The van der Waals surface area contributed by atoms with Gasteiger partial charge in [0, 0.05) is 0 Å². The first-order valence-electron chi connectivity index (χ1n) is 12.4. The van der Waals surface area contributed by atoms with Crippen LogP contribution in [0.3, 0.4) is 0 Å². The van der Waals surface area contributed by atoms with Gasteiger partial charge in [-0.2, -0.15) is 0 Å². The number of allylic oxidation sites excluding steroid dienone is 4. The van der Waals surface area contributed by atoms with Crippen molar-refractivity contribution < 1.29 is 5.21 Å². The standard InChI is InChI=1S/C27H43NO/c1-18(2)7-6-8-19(3)23-11-12-24-22-10-9-20-17-21(28-29)13-15-26(20,4)25(22)14-16-27(23,24)5/h6,8,17-19,22-25,29H,7,9-16H2,1-5H3/b8-6+,28-21-/t19-,22+,23-,24+,25+,26+,27-/m1/s1. The van der Waals surface area contributed by atoms with Crippen molar-refractivity contribution in [2.45, 2.75) is 92.4 Å². The van der Waals surface area contributed by atoms with E-state index in [-0.39, 0.29) is 0 Å². The second-order valence-electron chi connectivity index (χ2n) is 11.7. The van der Waals surface area contributed by atoms with Crippen molar-refractivity contribution in [2.24, 2.45) is 51.5 Å². The summed E-state index contributed by atoms with van der Waals surface area (Å²) in [6.45, 7) is 12.3. The van der Waals surface area contributed by atoms with Crippen LogP contribution < -0.4 is 0 Å². The molecule has 2 heteroatoms. The molecule has 0 aromatic carbocycles. The highest BCUT2D eigenvalue weighted by Gasteiger charge is 2.59. The van der Waals surface area contributed by atoms with E-state index in [0.717, 1.165) is 41.7 Å². The third kappa shape index (κ3) is 3.53. The molecule has 1 N–H and O–H groups in total. The van der Waals surface area contributed by atoms with Gasteiger partial charge >= 0.3 is 0 Å². The molecule has 0 aromatic heterocycles. The van der Waals surface area contributed by atoms with Crippen molar-refractivity contribution in [3.63, 3.8) is 0 Å². The molecule has 0 saturated heterocycles. The van der Waals surface area contributed by atoms with Crippen LogP contribution in [0.5, 0.6) is 0 Å². The Morgan fingerprint density at radius 1 is 1.07 bits per heavy atom. The van der Waals surface area contributed by atoms with Gasteiger partial charge in [0.15, 0.2) is 0 Å². The average Bonchev–Trinajstić information content (AvgIpc) is 3.04. The van der Waals surface area contributed by atoms with Crippen LogP contribution in [0.25, 0.3) is 0 Å². The molecule has 0 radical (unpaired) electrons. The van der Waals surface area contributed by atoms with Crippen LogP contribution in [0.1, 0.15) is 92.4 Å². The Bertz CT molecular complexity index is 703. The van der Waals surface area contributed by atoms with E-state index in [1.54, 1.807) is 5.57 Å². The van der Waals surface area contributed by atoms with E-state index < -0.39 is 0 Å². The van der Waals surface area contributed by atoms with Gasteiger partial charge in [0.05, 0.1) is 5.71 Å². The van der Waals surface area contributed by atoms with Crippen molar-refractivity contribution in [3.05, 3.63) is 23.8 Å². The highest BCUT2D eigenvalue weighted by Crippen LogP contribution is 2.67. The van der Waals surface area contributed by atoms with Gasteiger partial charge in [0.25, 0.3) is 0 Å². The number of nitrogens with zero attached hydrogens (tertiary/aromatic N) is 1. The van der Waals surface area contributed by atoms with E-state index in [9.17, 15) is 5.21 Å². The Balaban J connectivity index is 1.53. The maximum absolute atomic E-state index is 9.27. The van der Waals surface area contributed by atoms with Gasteiger partial charge in [-0.15, -0.1) is 0 Å². The molecule has 7 atom stereocenters. The lowest BCUT2D eigenvalue weighted by atomic mass is 9.46. The number of hydrogen-bond donors (Lipinski definition) is 1. The zero-order valence-corrected chi connectivity index (χ0v) is 19.5. The minimum atomic E-state index is 0.347. The van der Waals surface area contributed by atoms with E-state index in [1.165, 1.54) is 51.4 Å². The minimum Gasteiger partial charge on any atom is -0.411 e. The second-order valence-corrected chi connectivity index (χ2v) is 11.7. The Morgan fingerprint density at radius 3 is 2.59 bits per heavy atom. The normalized spacial score (nSPS) is 44.5. The maximum Gasteiger partial charge on any atom is 0.0795 e. The molecule has 0 bridgehead atoms. The zero-order chi connectivity index (χ0) is 20.8. The highest BCUT2D eigenvalue weighted by molar-refractivity contribution is 5.96. The molecular formula is C27H43NO. The van der Waals surface area contributed by atoms with Crippen LogP contribution in [0.4, 0.5) is 0 Å². The van der Waals surface area contributed by atoms with E-state index in [2.05, 4.69) is 58.0 Å². The Hall–Kier alpha value is -1.05. The van der Waals surface area contributed by atoms with Gasteiger partial charge in [-0.3, -0.25) is 0 Å². The van der Waals surface area contributed by atoms with Crippen LogP contribution in [-0.2, 0) is 0 Å². The summed E-state index contributed by atoms with van der Waals surface area (Å²) >= 11 is 0. The van der Waals surface area contributed by atoms with Crippen molar-refractivity contribution in [3.8, 4) is 0 Å². The lowest BCUT2D eigenvalue weighted by Crippen LogP contribution is -2.50. The molecule has 4 rings (SSSR count). The molecule has 0 aliphatic heterocycles. The quantitative estimate of drug-likeness (QED) is 0.295. The molecule has 162 valence electrons. The third-order valence-electron chi connectivity index (χ3n) is 9.86. The number of hydrogen-bond acceptors (Lipinski definition) is 2. The predicted molar refractivity (Wildman–Crippen MR) is 122 cm³/mol. The number of rotatable bonds is 4. The molecule has 0 heterocycles. The van der Waals surface area contributed by atoms with Crippen molar-refractivity contribution in [2.75, 3.05) is 0 Å². The predicted octanol–water partition coefficient (Wildman–Crippen LogP) is 7.63. The van der Waals surface area contributed by atoms with Gasteiger partial charge in [-0.1, -0.05) is 57.5 Å². The van der Waals surface area contributed by atoms with Crippen LogP contribution in [0, 0.1) is 46.3 Å². The highest BCUT2D eigenvalue weighted by atomic mass is 16.4. The molecule has 3 saturated carbocycles. The first kappa shape index (κ1) is 21.2. The lowest BCUT2D eigenvalue weighted by Gasteiger charge is -2.58. The molecule has 0 spiro atoms. The Labute approximate surface area is 178 Å². The summed E-state index contributed by atoms with van der Waals surface area (Å²) in [6.07, 6.45) is 18.9. The van der Waals surface area contributed by atoms with Gasteiger partial charge in [0.2, 0.25) is 0 Å². The van der Waals surface area contributed by atoms with Crippen molar-refractivity contribution >= 4 is 5.71 Å². The van der Waals surface area contributed by atoms with Crippen LogP contribution >= 0.6 is 0 Å². The molecule has 2 nitrogen and oxygen atoms in total. The summed E-state index contributed by atoms with van der Waals surface area (Å²) in [6, 6.07) is 0. The van der Waals surface area contributed by atoms with Gasteiger partial charge in [-0.25, -0.2) is 0 Å². The monoisotopic (exact) mass is 397 g/mol. The fourth-order valence-electron chi connectivity index (χ4n) is 8.25. The third-order valence-corrected chi connectivity index (χ3v) is 9.86. The first-order valence-corrected chi connectivity index (χ1v) is 12.4. The lowest BCUT2D eigenvalue weighted by molar-refractivity contribution is -0.0538. The van der Waals surface area contributed by atoms with E-state index in [0.29, 0.717) is 16.7 Å². The number of oxime groups is 1. The topological polar surface area (TPSA) is 32.6 Å². The first-order chi connectivity index (χ1) is 13.8. The largest absolute Gasteiger partial charge is 0.411 e. The molecule has 0 aromatic rings. The number of fused-ring (bicyclic) bond motifs is 5. The maximum atomic E-state index is 9.27. The van der Waals surface area contributed by atoms with Gasteiger partial charge < -0.3 is 5.21 Å². The smallest absolute Gasteiger partial charge is 0.0795 e. The van der Waals surface area contributed by atoms with Crippen LogP contribution in [0.2, 0.25) is 0 Å². The Kier molecular flexibility index (Phi) is 5.77. The summed E-state index contributed by atoms with van der Waals surface area (Å²) in [5, 5.41) is 12.8. The van der Waals surface area contributed by atoms with E-state index in [4.69, 9.17) is 0 Å². The molecule has 0 unspecified atom stereocenters. The van der Waals surface area contributed by atoms with Crippen molar-refractivity contribution in [1.82, 2.24) is 0 Å². The fraction of sp³-hybridized carbons (Fsp3) is 0.815. The Morgan fingerprint density at radius 2 is 1.86 bits per heavy atom. The fourth-order valence-corrected chi connectivity index (χ4v) is 8.25. The summed E-state index contributed by atoms with van der Waals surface area (Å²) in [4.78, 5) is 0. The summed E-state index contributed by atoms with van der Waals surface area (Å²) < 4.78 is 0.